The van der Waals surface area contributed by atoms with Crippen molar-refractivity contribution in [2.45, 2.75) is 45.3 Å². The van der Waals surface area contributed by atoms with Crippen molar-refractivity contribution in [3.63, 3.8) is 0 Å². The molecule has 0 aliphatic heterocycles. The number of rotatable bonds is 4. The molecular weight excluding hydrogens is 429 g/mol. The zero-order chi connectivity index (χ0) is 23.1. The third-order valence-electron chi connectivity index (χ3n) is 5.44. The van der Waals surface area contributed by atoms with E-state index in [4.69, 9.17) is 11.6 Å². The molecule has 0 saturated heterocycles. The molecule has 0 bridgehead atoms. The van der Waals surface area contributed by atoms with Crippen molar-refractivity contribution >= 4 is 28.4 Å². The number of hydrogen-bond acceptors (Lipinski definition) is 3. The number of hydrogen-bond donors (Lipinski definition) is 2. The van der Waals surface area contributed by atoms with Crippen LogP contribution in [0.25, 0.3) is 10.9 Å². The van der Waals surface area contributed by atoms with Crippen LogP contribution in [0.2, 0.25) is 5.02 Å². The van der Waals surface area contributed by atoms with Crippen LogP contribution in [0.1, 0.15) is 54.0 Å². The van der Waals surface area contributed by atoms with E-state index < -0.39 is 23.5 Å². The largest absolute Gasteiger partial charge is 0.508 e. The van der Waals surface area contributed by atoms with Crippen LogP contribution in [0.5, 0.6) is 5.75 Å². The number of aryl methyl sites for hydroxylation is 1. The summed E-state index contributed by atoms with van der Waals surface area (Å²) in [5.41, 5.74) is -0.776. The maximum Gasteiger partial charge on any atom is 0.399 e. The first-order chi connectivity index (χ1) is 14.3. The summed E-state index contributed by atoms with van der Waals surface area (Å²) in [6.07, 6.45) is -4.49. The Balaban J connectivity index is 1.99. The normalized spacial score (nSPS) is 13.3. The van der Waals surface area contributed by atoms with E-state index in [2.05, 4.69) is 10.3 Å². The molecule has 8 heteroatoms. The van der Waals surface area contributed by atoms with Gasteiger partial charge >= 0.3 is 6.18 Å². The molecule has 3 rings (SSSR count). The molecule has 1 amide bonds. The molecule has 0 spiro atoms. The minimum atomic E-state index is -4.49. The Morgan fingerprint density at radius 1 is 1.16 bits per heavy atom. The van der Waals surface area contributed by atoms with Gasteiger partial charge in [-0.25, -0.2) is 0 Å². The van der Waals surface area contributed by atoms with Gasteiger partial charge in [0.2, 0.25) is 0 Å². The van der Waals surface area contributed by atoms with Crippen molar-refractivity contribution in [3.8, 4) is 5.75 Å². The van der Waals surface area contributed by atoms with E-state index >= 15 is 0 Å². The zero-order valence-electron chi connectivity index (χ0n) is 17.4. The minimum absolute atomic E-state index is 0.0466. The number of aromatic nitrogens is 1. The number of nitrogens with one attached hydrogen (secondary N) is 1. The Labute approximate surface area is 183 Å². The van der Waals surface area contributed by atoms with Crippen molar-refractivity contribution in [1.29, 1.82) is 0 Å². The highest BCUT2D eigenvalue weighted by molar-refractivity contribution is 6.31. The summed E-state index contributed by atoms with van der Waals surface area (Å²) < 4.78 is 40.5. The van der Waals surface area contributed by atoms with Crippen LogP contribution in [0.4, 0.5) is 13.2 Å². The topological polar surface area (TPSA) is 62.2 Å². The molecule has 164 valence electrons. The van der Waals surface area contributed by atoms with Gasteiger partial charge in [-0.05, 0) is 63.1 Å². The molecule has 1 heterocycles. The number of amides is 1. The zero-order valence-corrected chi connectivity index (χ0v) is 18.2. The van der Waals surface area contributed by atoms with E-state index in [0.717, 1.165) is 13.8 Å². The number of phenols is 1. The summed E-state index contributed by atoms with van der Waals surface area (Å²) in [7, 11) is 0. The van der Waals surface area contributed by atoms with Gasteiger partial charge in [-0.3, -0.25) is 9.78 Å². The molecule has 0 aliphatic carbocycles. The molecule has 2 N–H and O–H groups in total. The van der Waals surface area contributed by atoms with Gasteiger partial charge in [0.15, 0.2) is 0 Å². The van der Waals surface area contributed by atoms with Gasteiger partial charge in [0.25, 0.3) is 5.91 Å². The molecule has 0 radical (unpaired) electrons. The highest BCUT2D eigenvalue weighted by Gasteiger charge is 2.49. The number of nitrogens with zero attached hydrogens (tertiary/aromatic N) is 1. The number of halogens is 4. The van der Waals surface area contributed by atoms with Crippen LogP contribution in [0.15, 0.2) is 42.5 Å². The quantitative estimate of drug-likeness (QED) is 0.495. The maximum atomic E-state index is 13.5. The van der Waals surface area contributed by atoms with Crippen LogP contribution in [0.3, 0.4) is 0 Å². The Hall–Kier alpha value is -2.80. The molecule has 0 saturated carbocycles. The first-order valence-electron chi connectivity index (χ1n) is 9.59. The van der Waals surface area contributed by atoms with Crippen LogP contribution in [0, 0.1) is 6.92 Å². The first kappa shape index (κ1) is 22.9. The Bertz CT molecular complexity index is 1160. The van der Waals surface area contributed by atoms with E-state index in [1.54, 1.807) is 32.0 Å². The molecule has 2 aromatic carbocycles. The summed E-state index contributed by atoms with van der Waals surface area (Å²) in [6.45, 7) is 5.55. The summed E-state index contributed by atoms with van der Waals surface area (Å²) in [5.74, 6) is -0.445. The van der Waals surface area contributed by atoms with Gasteiger partial charge in [0.1, 0.15) is 11.2 Å². The number of fused-ring (bicyclic) bond motifs is 1. The third kappa shape index (κ3) is 4.32. The fourth-order valence-electron chi connectivity index (χ4n) is 3.20. The summed E-state index contributed by atoms with van der Waals surface area (Å²) >= 11 is 6.20. The van der Waals surface area contributed by atoms with Gasteiger partial charge in [0, 0.05) is 10.4 Å². The van der Waals surface area contributed by atoms with Crippen molar-refractivity contribution in [2.24, 2.45) is 0 Å². The monoisotopic (exact) mass is 450 g/mol. The second-order valence-electron chi connectivity index (χ2n) is 8.05. The fourth-order valence-corrected chi connectivity index (χ4v) is 3.52. The Morgan fingerprint density at radius 2 is 1.84 bits per heavy atom. The predicted molar refractivity (Wildman–Crippen MR) is 115 cm³/mol. The van der Waals surface area contributed by atoms with Crippen LogP contribution in [-0.2, 0) is 5.41 Å². The number of phenolic OH excluding ortho intramolecular Hbond substituents is 1. The molecule has 0 fully saturated rings. The van der Waals surface area contributed by atoms with Crippen LogP contribution < -0.4 is 5.32 Å². The number of para-hydroxylation sites is 1. The molecular formula is C23H22ClF3N2O2. The SMILES string of the molecule is Cc1cc(C(C)NC(=O)c2cccc3ccc(C(C)(C)C(F)(F)F)nc23)c(Cl)cc1O. The molecule has 3 aromatic rings. The van der Waals surface area contributed by atoms with Crippen molar-refractivity contribution in [3.05, 3.63) is 69.9 Å². The fraction of sp³-hybridized carbons (Fsp3) is 0.304. The number of benzene rings is 2. The summed E-state index contributed by atoms with van der Waals surface area (Å²) in [6, 6.07) is 10.3. The lowest BCUT2D eigenvalue weighted by atomic mass is 9.87. The summed E-state index contributed by atoms with van der Waals surface area (Å²) in [5, 5.41) is 13.4. The van der Waals surface area contributed by atoms with E-state index in [0.29, 0.717) is 21.5 Å². The van der Waals surface area contributed by atoms with E-state index in [9.17, 15) is 23.1 Å². The lowest BCUT2D eigenvalue weighted by molar-refractivity contribution is -0.181. The average Bonchev–Trinajstić information content (AvgIpc) is 2.68. The van der Waals surface area contributed by atoms with E-state index in [-0.39, 0.29) is 22.5 Å². The van der Waals surface area contributed by atoms with Crippen LogP contribution >= 0.6 is 11.6 Å². The van der Waals surface area contributed by atoms with Gasteiger partial charge < -0.3 is 10.4 Å². The van der Waals surface area contributed by atoms with E-state index in [1.165, 1.54) is 24.3 Å². The van der Waals surface area contributed by atoms with Gasteiger partial charge in [-0.15, -0.1) is 0 Å². The Morgan fingerprint density at radius 3 is 2.48 bits per heavy atom. The highest BCUT2D eigenvalue weighted by atomic mass is 35.5. The lowest BCUT2D eigenvalue weighted by Gasteiger charge is -2.27. The second-order valence-corrected chi connectivity index (χ2v) is 8.46. The highest BCUT2D eigenvalue weighted by Crippen LogP contribution is 2.40. The maximum absolute atomic E-state index is 13.5. The number of carbonyl (C=O) groups is 1. The van der Waals surface area contributed by atoms with Gasteiger partial charge in [-0.1, -0.05) is 29.8 Å². The molecule has 31 heavy (non-hydrogen) atoms. The standard InChI is InChI=1S/C23H22ClF3N2O2/c1-12-10-16(17(24)11-18(12)30)13(2)28-21(31)15-7-5-6-14-8-9-19(29-20(14)15)22(3,4)23(25,26)27/h5-11,13,30H,1-4H3,(H,28,31). The van der Waals surface area contributed by atoms with Crippen LogP contribution in [-0.4, -0.2) is 22.2 Å². The third-order valence-corrected chi connectivity index (χ3v) is 5.77. The molecule has 4 nitrogen and oxygen atoms in total. The summed E-state index contributed by atoms with van der Waals surface area (Å²) in [4.78, 5) is 17.2. The second kappa shape index (κ2) is 8.04. The number of aromatic hydroxyl groups is 1. The average molecular weight is 451 g/mol. The molecule has 1 atom stereocenters. The number of pyridine rings is 1. The number of carbonyl (C=O) groups excluding carboxylic acids is 1. The van der Waals surface area contributed by atoms with Crippen molar-refractivity contribution < 1.29 is 23.1 Å². The predicted octanol–water partition coefficient (Wildman–Crippen LogP) is 6.23. The smallest absolute Gasteiger partial charge is 0.399 e. The Kier molecular flexibility index (Phi) is 5.93. The number of alkyl halides is 3. The minimum Gasteiger partial charge on any atom is -0.508 e. The molecule has 1 unspecified atom stereocenters. The van der Waals surface area contributed by atoms with Crippen molar-refractivity contribution in [2.75, 3.05) is 0 Å². The van der Waals surface area contributed by atoms with Gasteiger partial charge in [-0.2, -0.15) is 13.2 Å². The van der Waals surface area contributed by atoms with E-state index in [1.807, 2.05) is 0 Å². The molecule has 1 aromatic heterocycles. The van der Waals surface area contributed by atoms with Crippen molar-refractivity contribution in [1.82, 2.24) is 10.3 Å². The lowest BCUT2D eigenvalue weighted by Crippen LogP contribution is -2.37. The van der Waals surface area contributed by atoms with Gasteiger partial charge in [0.05, 0.1) is 22.8 Å². The molecule has 0 aliphatic rings. The first-order valence-corrected chi connectivity index (χ1v) is 9.97.